The van der Waals surface area contributed by atoms with Crippen molar-refractivity contribution in [2.45, 2.75) is 63.2 Å². The lowest BCUT2D eigenvalue weighted by atomic mass is 10.1. The van der Waals surface area contributed by atoms with E-state index in [9.17, 15) is 20.1 Å². The van der Waals surface area contributed by atoms with Crippen molar-refractivity contribution in [2.24, 2.45) is 0 Å². The lowest BCUT2D eigenvalue weighted by Gasteiger charge is -2.14. The molecule has 1 aliphatic heterocycles. The number of hydrogen-bond donors (Lipinski definition) is 6. The van der Waals surface area contributed by atoms with Crippen LogP contribution >= 0.6 is 11.8 Å². The average molecular weight is 690 g/mol. The van der Waals surface area contributed by atoms with Crippen molar-refractivity contribution in [1.29, 1.82) is 0 Å². The molecule has 4 aromatic rings. The molecule has 262 valence electrons. The summed E-state index contributed by atoms with van der Waals surface area (Å²) >= 11 is 1.77. The summed E-state index contributed by atoms with van der Waals surface area (Å²) in [5.41, 5.74) is 5.19. The molecular formula is C37H47N5O6S. The smallest absolute Gasteiger partial charge is 0.255 e. The van der Waals surface area contributed by atoms with Crippen LogP contribution in [-0.2, 0) is 35.8 Å². The number of benzene rings is 3. The van der Waals surface area contributed by atoms with E-state index in [1.807, 2.05) is 42.5 Å². The van der Waals surface area contributed by atoms with E-state index >= 15 is 0 Å². The fraction of sp³-hybridized carbons (Fsp3) is 0.405. The number of imidazole rings is 1. The molecule has 0 saturated heterocycles. The van der Waals surface area contributed by atoms with Gasteiger partial charge in [-0.05, 0) is 73.0 Å². The van der Waals surface area contributed by atoms with Crippen molar-refractivity contribution in [3.8, 4) is 5.75 Å². The highest BCUT2D eigenvalue weighted by molar-refractivity contribution is 7.99. The number of amides is 1. The van der Waals surface area contributed by atoms with Crippen molar-refractivity contribution in [3.63, 3.8) is 0 Å². The molecule has 1 amide bonds. The number of anilines is 2. The topological polar surface area (TPSA) is 150 Å². The number of aryl methyl sites for hydroxylation is 1. The summed E-state index contributed by atoms with van der Waals surface area (Å²) in [6.45, 7) is 4.69. The third-order valence-corrected chi connectivity index (χ3v) is 9.14. The van der Waals surface area contributed by atoms with Gasteiger partial charge in [-0.1, -0.05) is 48.9 Å². The maximum atomic E-state index is 13.0. The largest absolute Gasteiger partial charge is 0.508 e. The van der Waals surface area contributed by atoms with Gasteiger partial charge in [-0.3, -0.25) is 4.79 Å². The molecule has 49 heavy (non-hydrogen) atoms. The molecule has 0 fully saturated rings. The summed E-state index contributed by atoms with van der Waals surface area (Å²) in [4.78, 5) is 17.6. The summed E-state index contributed by atoms with van der Waals surface area (Å²) in [5, 5.41) is 40.0. The number of aromatic nitrogens is 2. The normalized spacial score (nSPS) is 12.9. The first-order valence-electron chi connectivity index (χ1n) is 16.9. The number of carbonyl (C=O) groups is 1. The Morgan fingerprint density at radius 1 is 0.959 bits per heavy atom. The third-order valence-electron chi connectivity index (χ3n) is 8.17. The van der Waals surface area contributed by atoms with Crippen LogP contribution in [0.5, 0.6) is 5.75 Å². The van der Waals surface area contributed by atoms with Gasteiger partial charge in [-0.25, -0.2) is 4.98 Å². The Labute approximate surface area is 292 Å². The Morgan fingerprint density at radius 2 is 1.80 bits per heavy atom. The molecule has 1 aromatic heterocycles. The number of nitrogens with one attached hydrogen (secondary N) is 3. The van der Waals surface area contributed by atoms with E-state index < -0.39 is 6.10 Å². The Balaban J connectivity index is 0.890. The van der Waals surface area contributed by atoms with Gasteiger partial charge in [0.2, 0.25) is 0 Å². The number of fused-ring (bicyclic) bond motifs is 1. The second-order valence-corrected chi connectivity index (χ2v) is 13.1. The number of aromatic hydroxyl groups is 1. The molecule has 1 aliphatic rings. The number of carbonyl (C=O) groups excluding carboxylic acids is 1. The van der Waals surface area contributed by atoms with Crippen LogP contribution in [0.4, 0.5) is 11.4 Å². The van der Waals surface area contributed by atoms with E-state index in [1.165, 1.54) is 6.07 Å². The van der Waals surface area contributed by atoms with E-state index in [1.54, 1.807) is 30.0 Å². The number of unbranched alkanes of at least 4 members (excludes halogenated alkanes) is 3. The quantitative estimate of drug-likeness (QED) is 0.0622. The Bertz CT molecular complexity index is 1610. The first-order chi connectivity index (χ1) is 24.0. The predicted molar refractivity (Wildman–Crippen MR) is 192 cm³/mol. The minimum absolute atomic E-state index is 0.0312. The van der Waals surface area contributed by atoms with Crippen LogP contribution in [0.2, 0.25) is 0 Å². The van der Waals surface area contributed by atoms with Gasteiger partial charge < -0.3 is 45.3 Å². The Kier molecular flexibility index (Phi) is 14.3. The second kappa shape index (κ2) is 19.3. The highest BCUT2D eigenvalue weighted by atomic mass is 32.2. The molecule has 0 spiro atoms. The van der Waals surface area contributed by atoms with Crippen LogP contribution in [0, 0.1) is 0 Å². The van der Waals surface area contributed by atoms with Crippen LogP contribution in [0.15, 0.2) is 78.1 Å². The zero-order valence-electron chi connectivity index (χ0n) is 27.8. The molecule has 0 aliphatic carbocycles. The molecule has 0 unspecified atom stereocenters. The van der Waals surface area contributed by atoms with Crippen molar-refractivity contribution in [3.05, 3.63) is 101 Å². The summed E-state index contributed by atoms with van der Waals surface area (Å²) in [6.07, 6.45) is 5.51. The van der Waals surface area contributed by atoms with Crippen LogP contribution in [0.3, 0.4) is 0 Å². The van der Waals surface area contributed by atoms with Crippen molar-refractivity contribution < 1.29 is 29.6 Å². The molecule has 12 heteroatoms. The number of rotatable bonds is 21. The highest BCUT2D eigenvalue weighted by Crippen LogP contribution is 2.25. The number of aliphatic hydroxyl groups excluding tert-OH is 2. The molecule has 2 heterocycles. The molecule has 0 bridgehead atoms. The number of nitrogens with zero attached hydrogens (tertiary/aromatic N) is 2. The van der Waals surface area contributed by atoms with Gasteiger partial charge in [0.15, 0.2) is 5.16 Å². The van der Waals surface area contributed by atoms with E-state index in [-0.39, 0.29) is 18.3 Å². The Hall–Kier alpha value is -3.91. The van der Waals surface area contributed by atoms with Gasteiger partial charge in [0.25, 0.3) is 5.91 Å². The van der Waals surface area contributed by atoms with Gasteiger partial charge in [0.1, 0.15) is 5.75 Å². The predicted octanol–water partition coefficient (Wildman–Crippen LogP) is 5.47. The van der Waals surface area contributed by atoms with Crippen LogP contribution in [0.1, 0.15) is 64.5 Å². The van der Waals surface area contributed by atoms with Crippen molar-refractivity contribution >= 4 is 29.0 Å². The highest BCUT2D eigenvalue weighted by Gasteiger charge is 2.15. The standard InChI is InChI=1S/C37H47N5O6S/c43-25-30-20-28(11-12-34(30)44)35(45)23-38-13-3-1-2-4-15-47-16-17-48-26-27-7-5-10-32(19-27)40-36(46)29-8-6-9-31(21-29)39-22-33-24-42-14-18-49-37(42)41-33/h5-12,19-21,24,35,38-39,43-45H,1-4,13-18,22-23,25-26H2,(H,40,46)/t35-/m1/s1. The van der Waals surface area contributed by atoms with Crippen LogP contribution < -0.4 is 16.0 Å². The monoisotopic (exact) mass is 689 g/mol. The zero-order valence-corrected chi connectivity index (χ0v) is 28.6. The minimum Gasteiger partial charge on any atom is -0.508 e. The van der Waals surface area contributed by atoms with Crippen molar-refractivity contribution in [2.75, 3.05) is 49.3 Å². The van der Waals surface area contributed by atoms with E-state index in [0.29, 0.717) is 61.9 Å². The maximum absolute atomic E-state index is 13.0. The lowest BCUT2D eigenvalue weighted by Crippen LogP contribution is -2.22. The fourth-order valence-electron chi connectivity index (χ4n) is 5.47. The zero-order chi connectivity index (χ0) is 34.3. The van der Waals surface area contributed by atoms with Gasteiger partial charge in [-0.2, -0.15) is 0 Å². The molecule has 3 aromatic carbocycles. The molecule has 0 radical (unpaired) electrons. The summed E-state index contributed by atoms with van der Waals surface area (Å²) in [7, 11) is 0. The summed E-state index contributed by atoms with van der Waals surface area (Å²) in [5.74, 6) is 0.936. The number of phenols is 1. The molecule has 1 atom stereocenters. The lowest BCUT2D eigenvalue weighted by molar-refractivity contribution is 0.0393. The van der Waals surface area contributed by atoms with Crippen molar-refractivity contribution in [1.82, 2.24) is 14.9 Å². The molecule has 5 rings (SSSR count). The van der Waals surface area contributed by atoms with Gasteiger partial charge in [-0.15, -0.1) is 0 Å². The van der Waals surface area contributed by atoms with E-state index in [4.69, 9.17) is 9.47 Å². The number of aliphatic hydroxyl groups is 2. The fourth-order valence-corrected chi connectivity index (χ4v) is 6.43. The van der Waals surface area contributed by atoms with E-state index in [0.717, 1.165) is 66.6 Å². The number of ether oxygens (including phenoxy) is 2. The SMILES string of the molecule is O=C(Nc1cccc(COCCOCCCCCCNC[C@@H](O)c2ccc(O)c(CO)c2)c1)c1cccc(NCc2cn3c(n2)SCC3)c1. The minimum atomic E-state index is -0.693. The molecule has 6 N–H and O–H groups in total. The average Bonchev–Trinajstić information content (AvgIpc) is 3.72. The van der Waals surface area contributed by atoms with Gasteiger partial charge in [0.05, 0.1) is 44.8 Å². The number of hydrogen-bond acceptors (Lipinski definition) is 10. The van der Waals surface area contributed by atoms with Crippen LogP contribution in [0.25, 0.3) is 0 Å². The third kappa shape index (κ3) is 11.6. The Morgan fingerprint density at radius 3 is 2.67 bits per heavy atom. The van der Waals surface area contributed by atoms with Gasteiger partial charge >= 0.3 is 0 Å². The van der Waals surface area contributed by atoms with Gasteiger partial charge in [0, 0.05) is 54.1 Å². The number of thioether (sulfide) groups is 1. The van der Waals surface area contributed by atoms with E-state index in [2.05, 4.69) is 31.7 Å². The second-order valence-electron chi connectivity index (χ2n) is 12.0. The van der Waals surface area contributed by atoms with Crippen LogP contribution in [-0.4, -0.2) is 69.4 Å². The summed E-state index contributed by atoms with van der Waals surface area (Å²) in [6, 6.07) is 19.9. The maximum Gasteiger partial charge on any atom is 0.255 e. The first-order valence-corrected chi connectivity index (χ1v) is 17.9. The first kappa shape index (κ1) is 36.4. The molecule has 0 saturated carbocycles. The molecule has 11 nitrogen and oxygen atoms in total. The summed E-state index contributed by atoms with van der Waals surface area (Å²) < 4.78 is 13.7. The molecular weight excluding hydrogens is 643 g/mol.